The molecule has 0 N–H and O–H groups in total. The topological polar surface area (TPSA) is 17.8 Å². The van der Waals surface area contributed by atoms with Crippen LogP contribution in [0.15, 0.2) is 18.5 Å². The minimum atomic E-state index is -0.476. The predicted octanol–water partition coefficient (Wildman–Crippen LogP) is 2.54. The summed E-state index contributed by atoms with van der Waals surface area (Å²) in [5.41, 5.74) is 0. The Bertz CT molecular complexity index is 241. The molecule has 1 aromatic heterocycles. The Labute approximate surface area is 78.7 Å². The van der Waals surface area contributed by atoms with E-state index in [2.05, 4.69) is 21.0 Å². The van der Waals surface area contributed by atoms with Crippen LogP contribution in [-0.4, -0.2) is 9.78 Å². The summed E-state index contributed by atoms with van der Waals surface area (Å²) in [6.45, 7) is 0. The van der Waals surface area contributed by atoms with Gasteiger partial charge in [-0.3, -0.25) is 0 Å². The van der Waals surface area contributed by atoms with Crippen LogP contribution in [0.5, 0.6) is 0 Å². The molecule has 1 aliphatic carbocycles. The minimum absolute atomic E-state index is 0.476. The fourth-order valence-corrected chi connectivity index (χ4v) is 2.05. The molecule has 1 atom stereocenters. The standard InChI is InChI=1S/C7H8BrClN2/c8-7(9,6-2-3-6)11-5-1-4-10-11/h1,4-6H,2-3H2. The lowest BCUT2D eigenvalue weighted by atomic mass is 10.4. The summed E-state index contributed by atoms with van der Waals surface area (Å²) in [6, 6.07) is 1.88. The average Bonchev–Trinajstić information content (AvgIpc) is 2.66. The van der Waals surface area contributed by atoms with Crippen molar-refractivity contribution >= 4 is 27.5 Å². The normalized spacial score (nSPS) is 23.1. The molecule has 1 unspecified atom stereocenters. The van der Waals surface area contributed by atoms with Gasteiger partial charge in [0.1, 0.15) is 0 Å². The largest absolute Gasteiger partial charge is 0.241 e. The van der Waals surface area contributed by atoms with Crippen molar-refractivity contribution in [3.63, 3.8) is 0 Å². The molecule has 1 fully saturated rings. The Hall–Kier alpha value is -0.0200. The van der Waals surface area contributed by atoms with Crippen LogP contribution in [-0.2, 0) is 3.91 Å². The summed E-state index contributed by atoms with van der Waals surface area (Å²) in [7, 11) is 0. The zero-order chi connectivity index (χ0) is 7.90. The predicted molar refractivity (Wildman–Crippen MR) is 47.7 cm³/mol. The Morgan fingerprint density at radius 3 is 2.82 bits per heavy atom. The Kier molecular flexibility index (Phi) is 1.72. The van der Waals surface area contributed by atoms with Crippen molar-refractivity contribution in [2.45, 2.75) is 16.7 Å². The first kappa shape index (κ1) is 7.62. The highest BCUT2D eigenvalue weighted by Gasteiger charge is 2.43. The van der Waals surface area contributed by atoms with E-state index in [9.17, 15) is 0 Å². The number of halogens is 2. The highest BCUT2D eigenvalue weighted by atomic mass is 79.9. The van der Waals surface area contributed by atoms with Gasteiger partial charge in [-0.15, -0.1) is 0 Å². The molecule has 1 aliphatic rings. The van der Waals surface area contributed by atoms with Gasteiger partial charge in [0.05, 0.1) is 0 Å². The highest BCUT2D eigenvalue weighted by Crippen LogP contribution is 2.50. The van der Waals surface area contributed by atoms with E-state index in [0.717, 1.165) is 0 Å². The van der Waals surface area contributed by atoms with Crippen LogP contribution in [0.1, 0.15) is 12.8 Å². The number of hydrogen-bond acceptors (Lipinski definition) is 1. The average molecular weight is 236 g/mol. The van der Waals surface area contributed by atoms with Crippen molar-refractivity contribution in [1.82, 2.24) is 9.78 Å². The van der Waals surface area contributed by atoms with Crippen molar-refractivity contribution in [3.05, 3.63) is 18.5 Å². The van der Waals surface area contributed by atoms with E-state index in [-0.39, 0.29) is 0 Å². The van der Waals surface area contributed by atoms with Gasteiger partial charge in [0, 0.05) is 18.3 Å². The Balaban J connectivity index is 2.26. The fourth-order valence-electron chi connectivity index (χ4n) is 1.06. The Morgan fingerprint density at radius 2 is 2.36 bits per heavy atom. The third-order valence-corrected chi connectivity index (χ3v) is 3.37. The monoisotopic (exact) mass is 234 g/mol. The zero-order valence-corrected chi connectivity index (χ0v) is 8.22. The van der Waals surface area contributed by atoms with Gasteiger partial charge in [-0.25, -0.2) is 4.68 Å². The van der Waals surface area contributed by atoms with Crippen molar-refractivity contribution in [3.8, 4) is 0 Å². The molecule has 0 bridgehead atoms. The van der Waals surface area contributed by atoms with Crippen molar-refractivity contribution < 1.29 is 0 Å². The maximum Gasteiger partial charge on any atom is 0.192 e. The van der Waals surface area contributed by atoms with Crippen LogP contribution in [0.2, 0.25) is 0 Å². The molecule has 0 aliphatic heterocycles. The molecule has 0 saturated heterocycles. The number of alkyl halides is 2. The zero-order valence-electron chi connectivity index (χ0n) is 5.87. The molecule has 0 radical (unpaired) electrons. The highest BCUT2D eigenvalue weighted by molar-refractivity contribution is 9.10. The molecule has 1 heterocycles. The maximum atomic E-state index is 6.22. The summed E-state index contributed by atoms with van der Waals surface area (Å²) in [5.74, 6) is 0.532. The van der Waals surface area contributed by atoms with E-state index in [4.69, 9.17) is 11.6 Å². The van der Waals surface area contributed by atoms with Gasteiger partial charge >= 0.3 is 0 Å². The lowest BCUT2D eigenvalue weighted by molar-refractivity contribution is 0.498. The van der Waals surface area contributed by atoms with E-state index < -0.39 is 3.91 Å². The van der Waals surface area contributed by atoms with E-state index >= 15 is 0 Å². The SMILES string of the molecule is ClC(Br)(C1CC1)n1cccn1. The van der Waals surface area contributed by atoms with Crippen LogP contribution in [0.25, 0.3) is 0 Å². The molecule has 2 rings (SSSR count). The second kappa shape index (κ2) is 2.49. The lowest BCUT2D eigenvalue weighted by Crippen LogP contribution is -2.22. The second-order valence-electron chi connectivity index (χ2n) is 2.81. The van der Waals surface area contributed by atoms with Gasteiger partial charge < -0.3 is 0 Å². The number of aromatic nitrogens is 2. The molecular formula is C7H8BrClN2. The molecule has 1 aromatic rings. The first-order valence-electron chi connectivity index (χ1n) is 3.59. The molecule has 4 heteroatoms. The molecular weight excluding hydrogens is 227 g/mol. The smallest absolute Gasteiger partial charge is 0.192 e. The van der Waals surface area contributed by atoms with E-state index in [1.54, 1.807) is 10.9 Å². The minimum Gasteiger partial charge on any atom is -0.241 e. The van der Waals surface area contributed by atoms with Gasteiger partial charge in [-0.1, -0.05) is 11.6 Å². The van der Waals surface area contributed by atoms with Crippen LogP contribution in [0.3, 0.4) is 0 Å². The first-order chi connectivity index (χ1) is 5.21. The van der Waals surface area contributed by atoms with Gasteiger partial charge in [0.15, 0.2) is 3.91 Å². The van der Waals surface area contributed by atoms with Crippen molar-refractivity contribution in [2.75, 3.05) is 0 Å². The quantitative estimate of drug-likeness (QED) is 0.721. The molecule has 60 valence electrons. The third kappa shape index (κ3) is 1.32. The van der Waals surface area contributed by atoms with Gasteiger partial charge in [-0.05, 0) is 34.8 Å². The molecule has 0 amide bonds. The van der Waals surface area contributed by atoms with Crippen LogP contribution >= 0.6 is 27.5 Å². The van der Waals surface area contributed by atoms with Crippen LogP contribution in [0, 0.1) is 5.92 Å². The number of hydrogen-bond donors (Lipinski definition) is 0. The summed E-state index contributed by atoms with van der Waals surface area (Å²) < 4.78 is 1.28. The summed E-state index contributed by atoms with van der Waals surface area (Å²) in [6.07, 6.45) is 5.99. The summed E-state index contributed by atoms with van der Waals surface area (Å²) in [5, 5.41) is 4.09. The van der Waals surface area contributed by atoms with E-state index in [1.165, 1.54) is 12.8 Å². The first-order valence-corrected chi connectivity index (χ1v) is 4.76. The van der Waals surface area contributed by atoms with Gasteiger partial charge in [-0.2, -0.15) is 5.10 Å². The van der Waals surface area contributed by atoms with Gasteiger partial charge in [0.2, 0.25) is 0 Å². The van der Waals surface area contributed by atoms with Crippen LogP contribution in [0.4, 0.5) is 0 Å². The second-order valence-corrected chi connectivity index (χ2v) is 5.05. The molecule has 1 saturated carbocycles. The van der Waals surface area contributed by atoms with Crippen molar-refractivity contribution in [2.24, 2.45) is 5.92 Å². The van der Waals surface area contributed by atoms with Crippen LogP contribution < -0.4 is 0 Å². The number of nitrogens with zero attached hydrogens (tertiary/aromatic N) is 2. The number of rotatable bonds is 2. The molecule has 0 spiro atoms. The van der Waals surface area contributed by atoms with E-state index in [1.807, 2.05) is 12.3 Å². The summed E-state index contributed by atoms with van der Waals surface area (Å²) >= 11 is 9.68. The molecule has 11 heavy (non-hydrogen) atoms. The third-order valence-electron chi connectivity index (χ3n) is 1.88. The Morgan fingerprint density at radius 1 is 1.64 bits per heavy atom. The molecule has 2 nitrogen and oxygen atoms in total. The fraction of sp³-hybridized carbons (Fsp3) is 0.571. The maximum absolute atomic E-state index is 6.22. The van der Waals surface area contributed by atoms with Gasteiger partial charge in [0.25, 0.3) is 0 Å². The lowest BCUT2D eigenvalue weighted by Gasteiger charge is -2.19. The summed E-state index contributed by atoms with van der Waals surface area (Å²) in [4.78, 5) is 0. The molecule has 0 aromatic carbocycles. The van der Waals surface area contributed by atoms with Crippen molar-refractivity contribution in [1.29, 1.82) is 0 Å². The van der Waals surface area contributed by atoms with E-state index in [0.29, 0.717) is 5.92 Å².